The van der Waals surface area contributed by atoms with Crippen molar-refractivity contribution in [2.24, 2.45) is 0 Å². The number of halogens is 1. The number of fused-ring (bicyclic) bond motifs is 1. The maximum absolute atomic E-state index is 12.8. The summed E-state index contributed by atoms with van der Waals surface area (Å²) < 4.78 is 11.2. The number of pyridine rings is 1. The molecular formula is C23H26ClN3O3. The fraction of sp³-hybridized carbons (Fsp3) is 0.391. The highest BCUT2D eigenvalue weighted by molar-refractivity contribution is 6.33. The summed E-state index contributed by atoms with van der Waals surface area (Å²) in [6.45, 7) is 5.00. The van der Waals surface area contributed by atoms with Gasteiger partial charge in [0.25, 0.3) is 5.91 Å². The number of hydrogen-bond donors (Lipinski definition) is 1. The topological polar surface area (TPSA) is 67.6 Å². The second kappa shape index (κ2) is 9.49. The minimum atomic E-state index is -0.189. The van der Waals surface area contributed by atoms with Crippen molar-refractivity contribution in [3.05, 3.63) is 58.9 Å². The number of hydrogen-bond acceptors (Lipinski definition) is 5. The highest BCUT2D eigenvalue weighted by Gasteiger charge is 2.20. The molecule has 0 spiro atoms. The fourth-order valence-electron chi connectivity index (χ4n) is 3.71. The maximum atomic E-state index is 12.8. The van der Waals surface area contributed by atoms with Crippen LogP contribution in [0, 0.1) is 0 Å². The smallest absolute Gasteiger partial charge is 0.253 e. The molecule has 1 fully saturated rings. The van der Waals surface area contributed by atoms with Crippen molar-refractivity contribution in [3.8, 4) is 0 Å². The van der Waals surface area contributed by atoms with Gasteiger partial charge in [0.15, 0.2) is 0 Å². The van der Waals surface area contributed by atoms with Crippen LogP contribution in [0.15, 0.2) is 47.2 Å². The standard InChI is InChI=1S/C23H26ClN3O3/c1-2-18-15-27(9-3-10-29-18)22-13-19(20(24)14-26-22)23(28)25-8-6-16-4-5-21-17(12-16)7-11-30-21/h4-5,7,11-14,18H,2-3,6,8-10,15H2,1H3,(H,25,28). The minimum absolute atomic E-state index is 0.176. The molecule has 1 aromatic carbocycles. The monoisotopic (exact) mass is 427 g/mol. The van der Waals surface area contributed by atoms with E-state index in [1.807, 2.05) is 18.2 Å². The second-order valence-electron chi connectivity index (χ2n) is 7.52. The molecule has 3 heterocycles. The Morgan fingerprint density at radius 3 is 3.10 bits per heavy atom. The molecule has 30 heavy (non-hydrogen) atoms. The number of carbonyl (C=O) groups is 1. The highest BCUT2D eigenvalue weighted by atomic mass is 35.5. The Kier molecular flexibility index (Phi) is 6.55. The molecule has 1 unspecified atom stereocenters. The van der Waals surface area contributed by atoms with Crippen LogP contribution in [-0.2, 0) is 11.2 Å². The average molecular weight is 428 g/mol. The summed E-state index contributed by atoms with van der Waals surface area (Å²) in [5.74, 6) is 0.574. The van der Waals surface area contributed by atoms with Crippen molar-refractivity contribution in [1.29, 1.82) is 0 Å². The summed E-state index contributed by atoms with van der Waals surface area (Å²) in [5, 5.41) is 4.39. The third kappa shape index (κ3) is 4.77. The van der Waals surface area contributed by atoms with E-state index in [2.05, 4.69) is 28.2 Å². The number of benzene rings is 1. The quantitative estimate of drug-likeness (QED) is 0.629. The van der Waals surface area contributed by atoms with Gasteiger partial charge in [-0.15, -0.1) is 0 Å². The molecule has 1 aliphatic heterocycles. The Morgan fingerprint density at radius 1 is 1.33 bits per heavy atom. The molecule has 6 nitrogen and oxygen atoms in total. The molecule has 1 atom stereocenters. The Hall–Kier alpha value is -2.57. The molecule has 0 radical (unpaired) electrons. The second-order valence-corrected chi connectivity index (χ2v) is 7.93. The van der Waals surface area contributed by atoms with Crippen molar-refractivity contribution in [3.63, 3.8) is 0 Å². The fourth-order valence-corrected chi connectivity index (χ4v) is 3.90. The van der Waals surface area contributed by atoms with E-state index in [4.69, 9.17) is 20.8 Å². The molecule has 0 saturated carbocycles. The van der Waals surface area contributed by atoms with E-state index in [0.29, 0.717) is 17.1 Å². The van der Waals surface area contributed by atoms with Crippen molar-refractivity contribution in [2.45, 2.75) is 32.3 Å². The molecule has 1 N–H and O–H groups in total. The Bertz CT molecular complexity index is 1020. The number of nitrogens with zero attached hydrogens (tertiary/aromatic N) is 2. The number of nitrogens with one attached hydrogen (secondary N) is 1. The van der Waals surface area contributed by atoms with E-state index in [9.17, 15) is 4.79 Å². The summed E-state index contributed by atoms with van der Waals surface area (Å²) in [6, 6.07) is 9.77. The first-order chi connectivity index (χ1) is 14.6. The van der Waals surface area contributed by atoms with Crippen molar-refractivity contribution < 1.29 is 13.9 Å². The lowest BCUT2D eigenvalue weighted by molar-refractivity contribution is 0.0664. The average Bonchev–Trinajstić information content (AvgIpc) is 3.09. The zero-order valence-corrected chi connectivity index (χ0v) is 17.8. The molecule has 158 valence electrons. The van der Waals surface area contributed by atoms with Crippen LogP contribution in [0.5, 0.6) is 0 Å². The third-order valence-electron chi connectivity index (χ3n) is 5.43. The highest BCUT2D eigenvalue weighted by Crippen LogP contribution is 2.23. The van der Waals surface area contributed by atoms with Gasteiger partial charge in [-0.3, -0.25) is 4.79 Å². The van der Waals surface area contributed by atoms with Gasteiger partial charge in [0, 0.05) is 37.8 Å². The van der Waals surface area contributed by atoms with Crippen molar-refractivity contribution in [1.82, 2.24) is 10.3 Å². The summed E-state index contributed by atoms with van der Waals surface area (Å²) in [4.78, 5) is 19.4. The summed E-state index contributed by atoms with van der Waals surface area (Å²) in [7, 11) is 0. The molecule has 1 amide bonds. The van der Waals surface area contributed by atoms with Gasteiger partial charge in [0.05, 0.1) is 23.0 Å². The largest absolute Gasteiger partial charge is 0.464 e. The maximum Gasteiger partial charge on any atom is 0.253 e. The molecule has 2 aromatic heterocycles. The van der Waals surface area contributed by atoms with Gasteiger partial charge >= 0.3 is 0 Å². The van der Waals surface area contributed by atoms with E-state index in [0.717, 1.165) is 61.3 Å². The van der Waals surface area contributed by atoms with E-state index < -0.39 is 0 Å². The predicted octanol–water partition coefficient (Wildman–Crippen LogP) is 4.46. The molecule has 7 heteroatoms. The van der Waals surface area contributed by atoms with Gasteiger partial charge in [0.1, 0.15) is 11.4 Å². The van der Waals surface area contributed by atoms with Crippen LogP contribution in [0.1, 0.15) is 35.7 Å². The summed E-state index contributed by atoms with van der Waals surface area (Å²) in [5.41, 5.74) is 2.45. The van der Waals surface area contributed by atoms with Gasteiger partial charge in [-0.25, -0.2) is 4.98 Å². The molecule has 0 aliphatic carbocycles. The molecule has 3 aromatic rings. The normalized spacial score (nSPS) is 17.1. The molecule has 4 rings (SSSR count). The zero-order valence-electron chi connectivity index (χ0n) is 17.1. The first-order valence-electron chi connectivity index (χ1n) is 10.4. The van der Waals surface area contributed by atoms with Crippen LogP contribution < -0.4 is 10.2 Å². The van der Waals surface area contributed by atoms with Gasteiger partial charge in [-0.1, -0.05) is 24.6 Å². The number of carbonyl (C=O) groups excluding carboxylic acids is 1. The molecule has 1 aliphatic rings. The van der Waals surface area contributed by atoms with Crippen molar-refractivity contribution >= 4 is 34.3 Å². The number of amides is 1. The Morgan fingerprint density at radius 2 is 2.23 bits per heavy atom. The van der Waals surface area contributed by atoms with Gasteiger partial charge in [0.2, 0.25) is 0 Å². The summed E-state index contributed by atoms with van der Waals surface area (Å²) in [6.07, 6.45) is 6.02. The lowest BCUT2D eigenvalue weighted by Crippen LogP contribution is -2.32. The van der Waals surface area contributed by atoms with Crippen LogP contribution in [0.2, 0.25) is 5.02 Å². The summed E-state index contributed by atoms with van der Waals surface area (Å²) >= 11 is 6.29. The van der Waals surface area contributed by atoms with E-state index in [-0.39, 0.29) is 12.0 Å². The van der Waals surface area contributed by atoms with Crippen LogP contribution in [0.4, 0.5) is 5.82 Å². The van der Waals surface area contributed by atoms with E-state index >= 15 is 0 Å². The molecular weight excluding hydrogens is 402 g/mol. The van der Waals surface area contributed by atoms with Gasteiger partial charge in [-0.05, 0) is 49.1 Å². The number of ether oxygens (including phenoxy) is 1. The minimum Gasteiger partial charge on any atom is -0.464 e. The lowest BCUT2D eigenvalue weighted by Gasteiger charge is -2.24. The first-order valence-corrected chi connectivity index (χ1v) is 10.8. The number of aromatic nitrogens is 1. The van der Waals surface area contributed by atoms with E-state index in [1.54, 1.807) is 18.5 Å². The van der Waals surface area contributed by atoms with E-state index in [1.165, 1.54) is 0 Å². The number of rotatable bonds is 6. The van der Waals surface area contributed by atoms with Crippen LogP contribution in [0.3, 0.4) is 0 Å². The predicted molar refractivity (Wildman–Crippen MR) is 118 cm³/mol. The van der Waals surface area contributed by atoms with Gasteiger partial charge < -0.3 is 19.4 Å². The van der Waals surface area contributed by atoms with Crippen LogP contribution >= 0.6 is 11.6 Å². The number of anilines is 1. The van der Waals surface area contributed by atoms with Gasteiger partial charge in [-0.2, -0.15) is 0 Å². The Labute approximate surface area is 181 Å². The Balaban J connectivity index is 1.40. The lowest BCUT2D eigenvalue weighted by atomic mass is 10.1. The molecule has 1 saturated heterocycles. The zero-order chi connectivity index (χ0) is 20.9. The third-order valence-corrected chi connectivity index (χ3v) is 5.73. The number of furan rings is 1. The van der Waals surface area contributed by atoms with Crippen LogP contribution in [-0.4, -0.2) is 43.2 Å². The SMILES string of the molecule is CCC1CN(c2cc(C(=O)NCCc3ccc4occc4c3)c(Cl)cn2)CCCO1. The van der Waals surface area contributed by atoms with Crippen LogP contribution in [0.25, 0.3) is 11.0 Å². The first kappa shape index (κ1) is 20.7. The van der Waals surface area contributed by atoms with Crippen molar-refractivity contribution in [2.75, 3.05) is 31.1 Å². The molecule has 0 bridgehead atoms.